The summed E-state index contributed by atoms with van der Waals surface area (Å²) in [5.74, 6) is -0.522. The first-order valence-electron chi connectivity index (χ1n) is 8.22. The van der Waals surface area contributed by atoms with Gasteiger partial charge >= 0.3 is 0 Å². The van der Waals surface area contributed by atoms with Crippen LogP contribution in [0.5, 0.6) is 0 Å². The van der Waals surface area contributed by atoms with Crippen LogP contribution in [0.4, 0.5) is 0 Å². The molecule has 1 aromatic rings. The van der Waals surface area contributed by atoms with Crippen molar-refractivity contribution in [3.8, 4) is 0 Å². The van der Waals surface area contributed by atoms with E-state index in [1.807, 2.05) is 12.1 Å². The summed E-state index contributed by atoms with van der Waals surface area (Å²) in [7, 11) is 0. The first-order chi connectivity index (χ1) is 11.0. The molecule has 6 nitrogen and oxygen atoms in total. The van der Waals surface area contributed by atoms with E-state index in [0.29, 0.717) is 13.1 Å². The van der Waals surface area contributed by atoms with Crippen LogP contribution in [0, 0.1) is 0 Å². The summed E-state index contributed by atoms with van der Waals surface area (Å²) < 4.78 is 0. The Morgan fingerprint density at radius 2 is 2.04 bits per heavy atom. The monoisotopic (exact) mass is 317 g/mol. The third kappa shape index (κ3) is 3.52. The summed E-state index contributed by atoms with van der Waals surface area (Å²) in [6.07, 6.45) is 4.50. The van der Waals surface area contributed by atoms with E-state index in [1.165, 1.54) is 6.92 Å². The highest BCUT2D eigenvalue weighted by molar-refractivity contribution is 5.85. The molecule has 0 bridgehead atoms. The minimum atomic E-state index is -0.421. The minimum absolute atomic E-state index is 0.0295. The summed E-state index contributed by atoms with van der Waals surface area (Å²) >= 11 is 0. The quantitative estimate of drug-likeness (QED) is 0.851. The average Bonchev–Trinajstić information content (AvgIpc) is 2.55. The zero-order chi connectivity index (χ0) is 16.4. The van der Waals surface area contributed by atoms with Crippen LogP contribution in [0.2, 0.25) is 0 Å². The predicted molar refractivity (Wildman–Crippen MR) is 84.5 cm³/mol. The van der Waals surface area contributed by atoms with Crippen LogP contribution in [0.15, 0.2) is 18.3 Å². The Hall–Kier alpha value is -1.95. The first-order valence-corrected chi connectivity index (χ1v) is 8.22. The zero-order valence-electron chi connectivity index (χ0n) is 13.4. The molecule has 1 aliphatic heterocycles. The van der Waals surface area contributed by atoms with E-state index in [9.17, 15) is 14.7 Å². The number of aliphatic hydroxyl groups is 1. The van der Waals surface area contributed by atoms with Crippen molar-refractivity contribution >= 4 is 11.8 Å². The number of fused-ring (bicyclic) bond motifs is 1. The van der Waals surface area contributed by atoms with E-state index in [1.54, 1.807) is 11.1 Å². The molecular formula is C17H23N3O3. The highest BCUT2D eigenvalue weighted by atomic mass is 16.3. The number of hydrogen-bond donors (Lipinski definition) is 2. The summed E-state index contributed by atoms with van der Waals surface area (Å²) in [5.41, 5.74) is 1.71. The maximum atomic E-state index is 12.7. The molecule has 124 valence electrons. The molecule has 1 unspecified atom stereocenters. The topological polar surface area (TPSA) is 82.5 Å². The lowest BCUT2D eigenvalue weighted by molar-refractivity contribution is -0.132. The van der Waals surface area contributed by atoms with Crippen molar-refractivity contribution in [1.29, 1.82) is 0 Å². The number of aromatic nitrogens is 1. The standard InChI is InChI=1S/C17H23N3O3/c1-11(21)20-9-12-3-2-8-18-16(12)15(10-20)17(23)19-13-4-6-14(22)7-5-13/h2-3,8,13-15,22H,4-7,9-10H2,1H3,(H,19,23). The Balaban J connectivity index is 1.74. The second-order valence-corrected chi connectivity index (χ2v) is 6.51. The number of amides is 2. The van der Waals surface area contributed by atoms with Gasteiger partial charge in [-0.15, -0.1) is 0 Å². The number of hydrogen-bond acceptors (Lipinski definition) is 4. The lowest BCUT2D eigenvalue weighted by Gasteiger charge is -2.34. The van der Waals surface area contributed by atoms with Gasteiger partial charge in [0.2, 0.25) is 11.8 Å². The van der Waals surface area contributed by atoms with E-state index < -0.39 is 5.92 Å². The summed E-state index contributed by atoms with van der Waals surface area (Å²) in [4.78, 5) is 30.6. The highest BCUT2D eigenvalue weighted by Crippen LogP contribution is 2.27. The van der Waals surface area contributed by atoms with Crippen LogP contribution < -0.4 is 5.32 Å². The second kappa shape index (κ2) is 6.66. The van der Waals surface area contributed by atoms with E-state index in [0.717, 1.165) is 36.9 Å². The molecule has 1 fully saturated rings. The van der Waals surface area contributed by atoms with E-state index in [4.69, 9.17) is 0 Å². The highest BCUT2D eigenvalue weighted by Gasteiger charge is 2.34. The summed E-state index contributed by atoms with van der Waals surface area (Å²) in [6, 6.07) is 3.86. The Labute approximate surface area is 135 Å². The van der Waals surface area contributed by atoms with Crippen molar-refractivity contribution in [2.45, 2.75) is 57.2 Å². The molecule has 2 N–H and O–H groups in total. The fourth-order valence-electron chi connectivity index (χ4n) is 3.44. The predicted octanol–water partition coefficient (Wildman–Crippen LogP) is 0.947. The maximum absolute atomic E-state index is 12.7. The SMILES string of the molecule is CC(=O)N1Cc2cccnc2C(C(=O)NC2CCC(O)CC2)C1. The number of nitrogens with zero attached hydrogens (tertiary/aromatic N) is 2. The van der Waals surface area contributed by atoms with Crippen molar-refractivity contribution in [3.05, 3.63) is 29.6 Å². The molecule has 3 rings (SSSR count). The van der Waals surface area contributed by atoms with Gasteiger partial charge in [-0.1, -0.05) is 6.07 Å². The van der Waals surface area contributed by atoms with Gasteiger partial charge in [-0.2, -0.15) is 0 Å². The third-order valence-corrected chi connectivity index (χ3v) is 4.83. The Kier molecular flexibility index (Phi) is 4.61. The van der Waals surface area contributed by atoms with Gasteiger partial charge in [0.15, 0.2) is 0 Å². The maximum Gasteiger partial charge on any atom is 0.231 e. The number of aliphatic hydroxyl groups excluding tert-OH is 1. The number of rotatable bonds is 2. The molecule has 2 aliphatic rings. The van der Waals surface area contributed by atoms with Crippen LogP contribution in [0.25, 0.3) is 0 Å². The minimum Gasteiger partial charge on any atom is -0.393 e. The largest absolute Gasteiger partial charge is 0.393 e. The molecule has 6 heteroatoms. The zero-order valence-corrected chi connectivity index (χ0v) is 13.4. The normalized spacial score (nSPS) is 27.2. The number of carbonyl (C=O) groups is 2. The molecule has 1 saturated carbocycles. The Morgan fingerprint density at radius 3 is 2.74 bits per heavy atom. The van der Waals surface area contributed by atoms with E-state index in [-0.39, 0.29) is 24.0 Å². The summed E-state index contributed by atoms with van der Waals surface area (Å²) in [6.45, 7) is 2.41. The van der Waals surface area contributed by atoms with Crippen molar-refractivity contribution < 1.29 is 14.7 Å². The Bertz CT molecular complexity index is 597. The molecule has 0 spiro atoms. The van der Waals surface area contributed by atoms with Gasteiger partial charge in [0.1, 0.15) is 0 Å². The van der Waals surface area contributed by atoms with Crippen LogP contribution in [-0.2, 0) is 16.1 Å². The number of nitrogens with one attached hydrogen (secondary N) is 1. The van der Waals surface area contributed by atoms with Gasteiger partial charge in [0.25, 0.3) is 0 Å². The van der Waals surface area contributed by atoms with E-state index in [2.05, 4.69) is 10.3 Å². The molecule has 0 radical (unpaired) electrons. The van der Waals surface area contributed by atoms with Crippen LogP contribution >= 0.6 is 0 Å². The van der Waals surface area contributed by atoms with Crippen molar-refractivity contribution in [3.63, 3.8) is 0 Å². The summed E-state index contributed by atoms with van der Waals surface area (Å²) in [5, 5.41) is 12.7. The lowest BCUT2D eigenvalue weighted by Crippen LogP contribution is -2.47. The Morgan fingerprint density at radius 1 is 1.30 bits per heavy atom. The molecule has 1 aliphatic carbocycles. The van der Waals surface area contributed by atoms with Crippen LogP contribution in [0.3, 0.4) is 0 Å². The van der Waals surface area contributed by atoms with Crippen LogP contribution in [0.1, 0.15) is 49.8 Å². The van der Waals surface area contributed by atoms with E-state index >= 15 is 0 Å². The van der Waals surface area contributed by atoms with Gasteiger partial charge in [0, 0.05) is 32.3 Å². The van der Waals surface area contributed by atoms with Crippen molar-refractivity contribution in [1.82, 2.24) is 15.2 Å². The van der Waals surface area contributed by atoms with Crippen LogP contribution in [-0.4, -0.2) is 45.5 Å². The number of carbonyl (C=O) groups excluding carboxylic acids is 2. The lowest BCUT2D eigenvalue weighted by atomic mass is 9.90. The molecule has 1 atom stereocenters. The molecule has 2 amide bonds. The average molecular weight is 317 g/mol. The molecule has 0 aromatic carbocycles. The fourth-order valence-corrected chi connectivity index (χ4v) is 3.44. The van der Waals surface area contributed by atoms with Crippen molar-refractivity contribution in [2.75, 3.05) is 6.54 Å². The van der Waals surface area contributed by atoms with Gasteiger partial charge < -0.3 is 15.3 Å². The van der Waals surface area contributed by atoms with Gasteiger partial charge in [0.05, 0.1) is 17.7 Å². The molecule has 23 heavy (non-hydrogen) atoms. The van der Waals surface area contributed by atoms with Crippen molar-refractivity contribution in [2.24, 2.45) is 0 Å². The third-order valence-electron chi connectivity index (χ3n) is 4.83. The molecule has 2 heterocycles. The second-order valence-electron chi connectivity index (χ2n) is 6.51. The molecule has 1 aromatic heterocycles. The smallest absolute Gasteiger partial charge is 0.231 e. The van der Waals surface area contributed by atoms with Gasteiger partial charge in [-0.3, -0.25) is 14.6 Å². The number of pyridine rings is 1. The molecule has 0 saturated heterocycles. The fraction of sp³-hybridized carbons (Fsp3) is 0.588. The first kappa shape index (κ1) is 15.9. The van der Waals surface area contributed by atoms with Gasteiger partial charge in [-0.25, -0.2) is 0 Å². The molecular weight excluding hydrogens is 294 g/mol. The van der Waals surface area contributed by atoms with Gasteiger partial charge in [-0.05, 0) is 37.3 Å².